The van der Waals surface area contributed by atoms with Gasteiger partial charge in [0, 0.05) is 12.4 Å². The Labute approximate surface area is 85.2 Å². The van der Waals surface area contributed by atoms with Gasteiger partial charge in [0.1, 0.15) is 5.82 Å². The van der Waals surface area contributed by atoms with Gasteiger partial charge in [-0.25, -0.2) is 9.97 Å². The van der Waals surface area contributed by atoms with Gasteiger partial charge in [-0.15, -0.1) is 0 Å². The summed E-state index contributed by atoms with van der Waals surface area (Å²) in [6.07, 6.45) is 5.19. The maximum Gasteiger partial charge on any atom is 0.192 e. The molecule has 72 valence electrons. The molecule has 0 unspecified atom stereocenters. The van der Waals surface area contributed by atoms with Gasteiger partial charge in [-0.2, -0.15) is 5.10 Å². The highest BCUT2D eigenvalue weighted by Crippen LogP contribution is 2.27. The zero-order valence-corrected chi connectivity index (χ0v) is 8.38. The second-order valence-electron chi connectivity index (χ2n) is 2.79. The first-order valence-corrected chi connectivity index (χ1v) is 4.82. The normalized spacial score (nSPS) is 10.4. The average molecular weight is 207 g/mol. The molecule has 0 saturated heterocycles. The molecule has 3 N–H and O–H groups in total. The van der Waals surface area contributed by atoms with E-state index in [4.69, 9.17) is 5.73 Å². The van der Waals surface area contributed by atoms with E-state index in [9.17, 15) is 0 Å². The number of anilines is 1. The highest BCUT2D eigenvalue weighted by Gasteiger charge is 2.05. The molecule has 0 fully saturated rings. The third kappa shape index (κ3) is 1.85. The molecule has 0 spiro atoms. The summed E-state index contributed by atoms with van der Waals surface area (Å²) in [6.45, 7) is 1.95. The van der Waals surface area contributed by atoms with E-state index in [1.54, 1.807) is 18.6 Å². The molecule has 0 radical (unpaired) electrons. The maximum atomic E-state index is 5.62. The Balaban J connectivity index is 2.19. The number of hydrogen-bond acceptors (Lipinski definition) is 5. The van der Waals surface area contributed by atoms with Crippen LogP contribution in [0.2, 0.25) is 0 Å². The molecule has 0 aliphatic rings. The van der Waals surface area contributed by atoms with E-state index in [1.807, 2.05) is 6.92 Å². The summed E-state index contributed by atoms with van der Waals surface area (Å²) in [6, 6.07) is 0. The van der Waals surface area contributed by atoms with Crippen molar-refractivity contribution in [2.75, 3.05) is 5.73 Å². The summed E-state index contributed by atoms with van der Waals surface area (Å²) in [5.74, 6) is 0.541. The summed E-state index contributed by atoms with van der Waals surface area (Å²) in [4.78, 5) is 9.14. The summed E-state index contributed by atoms with van der Waals surface area (Å²) < 4.78 is 0. The predicted octanol–water partition coefficient (Wildman–Crippen LogP) is 1.24. The van der Waals surface area contributed by atoms with E-state index in [2.05, 4.69) is 20.2 Å². The van der Waals surface area contributed by atoms with Gasteiger partial charge >= 0.3 is 0 Å². The van der Waals surface area contributed by atoms with Crippen molar-refractivity contribution in [2.45, 2.75) is 17.0 Å². The number of hydrogen-bond donors (Lipinski definition) is 2. The summed E-state index contributed by atoms with van der Waals surface area (Å²) in [5, 5.41) is 7.13. The lowest BCUT2D eigenvalue weighted by Crippen LogP contribution is -1.89. The van der Waals surface area contributed by atoms with Gasteiger partial charge in [-0.3, -0.25) is 5.10 Å². The zero-order valence-electron chi connectivity index (χ0n) is 7.56. The summed E-state index contributed by atoms with van der Waals surface area (Å²) in [5.41, 5.74) is 6.66. The number of nitrogens with two attached hydrogens (primary N) is 1. The van der Waals surface area contributed by atoms with Crippen molar-refractivity contribution in [3.05, 3.63) is 24.2 Å². The largest absolute Gasteiger partial charge is 0.383 e. The minimum atomic E-state index is 0.541. The van der Waals surface area contributed by atoms with Crippen LogP contribution in [0.4, 0.5) is 5.82 Å². The second kappa shape index (κ2) is 3.67. The Hall–Kier alpha value is -1.56. The van der Waals surface area contributed by atoms with Gasteiger partial charge < -0.3 is 5.73 Å². The van der Waals surface area contributed by atoms with Gasteiger partial charge in [0.15, 0.2) is 5.16 Å². The molecule has 0 atom stereocenters. The topological polar surface area (TPSA) is 80.5 Å². The van der Waals surface area contributed by atoms with Gasteiger partial charge in [-0.1, -0.05) is 0 Å². The molecule has 6 heteroatoms. The van der Waals surface area contributed by atoms with E-state index in [0.717, 1.165) is 10.5 Å². The molecule has 14 heavy (non-hydrogen) atoms. The average Bonchev–Trinajstić information content (AvgIpc) is 2.56. The number of aromatic amines is 1. The molecule has 0 aliphatic heterocycles. The molecule has 5 nitrogen and oxygen atoms in total. The molecule has 0 aromatic carbocycles. The molecule has 0 bridgehead atoms. The Kier molecular flexibility index (Phi) is 2.36. The molecular weight excluding hydrogens is 198 g/mol. The van der Waals surface area contributed by atoms with Crippen LogP contribution in [0, 0.1) is 6.92 Å². The molecule has 2 rings (SSSR count). The van der Waals surface area contributed by atoms with Crippen molar-refractivity contribution >= 4 is 17.6 Å². The Morgan fingerprint density at radius 1 is 1.29 bits per heavy atom. The van der Waals surface area contributed by atoms with E-state index in [-0.39, 0.29) is 0 Å². The fraction of sp³-hybridized carbons (Fsp3) is 0.125. The van der Waals surface area contributed by atoms with Crippen molar-refractivity contribution in [1.82, 2.24) is 20.2 Å². The number of H-pyrrole nitrogens is 1. The first kappa shape index (κ1) is 9.01. The number of nitrogen functional groups attached to an aromatic ring is 1. The lowest BCUT2D eigenvalue weighted by molar-refractivity contribution is 0.950. The van der Waals surface area contributed by atoms with Crippen molar-refractivity contribution < 1.29 is 0 Å². The van der Waals surface area contributed by atoms with E-state index >= 15 is 0 Å². The Bertz CT molecular complexity index is 422. The number of aryl methyl sites for hydroxylation is 1. The minimum absolute atomic E-state index is 0.541. The smallest absolute Gasteiger partial charge is 0.192 e. The van der Waals surface area contributed by atoms with Crippen LogP contribution in [0.15, 0.2) is 28.6 Å². The third-order valence-corrected chi connectivity index (χ3v) is 2.53. The van der Waals surface area contributed by atoms with Crippen molar-refractivity contribution in [3.8, 4) is 0 Å². The maximum absolute atomic E-state index is 5.62. The van der Waals surface area contributed by atoms with Gasteiger partial charge in [-0.05, 0) is 24.2 Å². The first-order valence-electron chi connectivity index (χ1n) is 4.01. The van der Waals surface area contributed by atoms with Crippen LogP contribution < -0.4 is 5.73 Å². The molecule has 0 aliphatic carbocycles. The monoisotopic (exact) mass is 207 g/mol. The summed E-state index contributed by atoms with van der Waals surface area (Å²) in [7, 11) is 0. The molecule has 0 saturated carbocycles. The van der Waals surface area contributed by atoms with E-state index in [0.29, 0.717) is 11.0 Å². The molecular formula is C8H9N5S. The van der Waals surface area contributed by atoms with Crippen molar-refractivity contribution in [1.29, 1.82) is 0 Å². The molecule has 2 heterocycles. The number of aromatic nitrogens is 4. The summed E-state index contributed by atoms with van der Waals surface area (Å²) >= 11 is 1.39. The van der Waals surface area contributed by atoms with Crippen molar-refractivity contribution in [3.63, 3.8) is 0 Å². The van der Waals surface area contributed by atoms with Crippen LogP contribution in [0.5, 0.6) is 0 Å². The highest BCUT2D eigenvalue weighted by atomic mass is 32.2. The Morgan fingerprint density at radius 3 is 2.57 bits per heavy atom. The van der Waals surface area contributed by atoms with Crippen LogP contribution in [0.3, 0.4) is 0 Å². The van der Waals surface area contributed by atoms with Crippen LogP contribution in [0.25, 0.3) is 0 Å². The van der Waals surface area contributed by atoms with Crippen LogP contribution >= 0.6 is 11.8 Å². The quantitative estimate of drug-likeness (QED) is 0.724. The van der Waals surface area contributed by atoms with Crippen LogP contribution in [-0.2, 0) is 0 Å². The zero-order chi connectivity index (χ0) is 9.97. The third-order valence-electron chi connectivity index (χ3n) is 1.59. The lowest BCUT2D eigenvalue weighted by Gasteiger charge is -1.97. The standard InChI is InChI=1S/C8H9N5S/c1-5-2-10-8(11-3-5)14-6-4-12-13-7(6)9/h2-4H,1H3,(H3,9,12,13). The van der Waals surface area contributed by atoms with E-state index in [1.165, 1.54) is 11.8 Å². The SMILES string of the molecule is Cc1cnc(Sc2cn[nH]c2N)nc1. The fourth-order valence-corrected chi connectivity index (χ4v) is 1.57. The lowest BCUT2D eigenvalue weighted by atomic mass is 10.4. The predicted molar refractivity (Wildman–Crippen MR) is 53.9 cm³/mol. The van der Waals surface area contributed by atoms with Gasteiger partial charge in [0.05, 0.1) is 11.1 Å². The van der Waals surface area contributed by atoms with Crippen molar-refractivity contribution in [2.24, 2.45) is 0 Å². The van der Waals surface area contributed by atoms with E-state index < -0.39 is 0 Å². The minimum Gasteiger partial charge on any atom is -0.383 e. The van der Waals surface area contributed by atoms with Crippen LogP contribution in [0.1, 0.15) is 5.56 Å². The number of nitrogens with one attached hydrogen (secondary N) is 1. The fourth-order valence-electron chi connectivity index (χ4n) is 0.898. The highest BCUT2D eigenvalue weighted by molar-refractivity contribution is 7.99. The van der Waals surface area contributed by atoms with Gasteiger partial charge in [0.2, 0.25) is 0 Å². The molecule has 2 aromatic heterocycles. The number of nitrogens with zero attached hydrogens (tertiary/aromatic N) is 3. The first-order chi connectivity index (χ1) is 6.75. The second-order valence-corrected chi connectivity index (χ2v) is 3.80. The number of rotatable bonds is 2. The Morgan fingerprint density at radius 2 is 2.00 bits per heavy atom. The van der Waals surface area contributed by atoms with Gasteiger partial charge in [0.25, 0.3) is 0 Å². The van der Waals surface area contributed by atoms with Crippen LogP contribution in [-0.4, -0.2) is 20.2 Å². The molecule has 0 amide bonds. The molecule has 2 aromatic rings.